The van der Waals surface area contributed by atoms with E-state index in [1.165, 1.54) is 0 Å². The Labute approximate surface area is 110 Å². The molecule has 5 nitrogen and oxygen atoms in total. The van der Waals surface area contributed by atoms with Gasteiger partial charge in [-0.15, -0.1) is 16.4 Å². The van der Waals surface area contributed by atoms with E-state index in [1.807, 2.05) is 17.5 Å². The van der Waals surface area contributed by atoms with Crippen molar-refractivity contribution in [1.29, 1.82) is 0 Å². The number of rotatable bonds is 5. The normalized spacial score (nSPS) is 12.3. The van der Waals surface area contributed by atoms with Crippen molar-refractivity contribution in [3.05, 3.63) is 34.0 Å². The number of aromatic amines is 1. The van der Waals surface area contributed by atoms with Crippen molar-refractivity contribution in [2.45, 2.75) is 32.7 Å². The van der Waals surface area contributed by atoms with E-state index in [-0.39, 0.29) is 17.8 Å². The zero-order chi connectivity index (χ0) is 13.0. The van der Waals surface area contributed by atoms with E-state index < -0.39 is 0 Å². The molecule has 1 atom stereocenters. The average molecular weight is 264 g/mol. The van der Waals surface area contributed by atoms with Gasteiger partial charge in [-0.05, 0) is 24.8 Å². The summed E-state index contributed by atoms with van der Waals surface area (Å²) in [7, 11) is 0. The Bertz CT molecular complexity index is 506. The fourth-order valence-electron chi connectivity index (χ4n) is 1.73. The van der Waals surface area contributed by atoms with Crippen LogP contribution in [0.4, 0.5) is 0 Å². The highest BCUT2D eigenvalue weighted by Crippen LogP contribution is 2.23. The number of H-pyrrole nitrogens is 1. The Kier molecular flexibility index (Phi) is 4.09. The van der Waals surface area contributed by atoms with Gasteiger partial charge in [0, 0.05) is 4.88 Å². The standard InChI is InChI=1S/C12H16N4OS/c1-3-5-9(10-6-4-7-18-10)14-12(17)11-13-8(2)15-16-11/h4,6-7,9H,3,5H2,1-2H3,(H,14,17)(H,13,15,16). The summed E-state index contributed by atoms with van der Waals surface area (Å²) >= 11 is 1.65. The van der Waals surface area contributed by atoms with Gasteiger partial charge in [-0.2, -0.15) is 0 Å². The number of hydrogen-bond acceptors (Lipinski definition) is 4. The predicted octanol–water partition coefficient (Wildman–Crippen LogP) is 2.45. The van der Waals surface area contributed by atoms with Crippen LogP contribution in [0.2, 0.25) is 0 Å². The number of carbonyl (C=O) groups is 1. The summed E-state index contributed by atoms with van der Waals surface area (Å²) in [6, 6.07) is 4.07. The Morgan fingerprint density at radius 3 is 3.00 bits per heavy atom. The van der Waals surface area contributed by atoms with Gasteiger partial charge >= 0.3 is 0 Å². The molecule has 0 aliphatic heterocycles. The van der Waals surface area contributed by atoms with E-state index in [0.717, 1.165) is 17.7 Å². The first-order chi connectivity index (χ1) is 8.70. The van der Waals surface area contributed by atoms with E-state index >= 15 is 0 Å². The van der Waals surface area contributed by atoms with Crippen LogP contribution in [0, 0.1) is 6.92 Å². The molecule has 0 saturated carbocycles. The molecule has 2 aromatic rings. The van der Waals surface area contributed by atoms with Gasteiger partial charge in [0.25, 0.3) is 5.91 Å². The van der Waals surface area contributed by atoms with Gasteiger partial charge in [0.15, 0.2) is 0 Å². The van der Waals surface area contributed by atoms with Crippen LogP contribution in [0.15, 0.2) is 17.5 Å². The third-order valence-electron chi connectivity index (χ3n) is 2.57. The zero-order valence-electron chi connectivity index (χ0n) is 10.4. The maximum Gasteiger partial charge on any atom is 0.291 e. The molecule has 0 aromatic carbocycles. The molecule has 0 radical (unpaired) electrons. The second-order valence-corrected chi connectivity index (χ2v) is 5.05. The van der Waals surface area contributed by atoms with Crippen LogP contribution in [0.5, 0.6) is 0 Å². The van der Waals surface area contributed by atoms with Gasteiger partial charge in [0.1, 0.15) is 5.82 Å². The first-order valence-corrected chi connectivity index (χ1v) is 6.82. The van der Waals surface area contributed by atoms with E-state index in [1.54, 1.807) is 18.3 Å². The second kappa shape index (κ2) is 5.77. The minimum Gasteiger partial charge on any atom is -0.342 e. The van der Waals surface area contributed by atoms with Crippen molar-refractivity contribution in [3.63, 3.8) is 0 Å². The second-order valence-electron chi connectivity index (χ2n) is 4.07. The van der Waals surface area contributed by atoms with Crippen molar-refractivity contribution in [2.24, 2.45) is 0 Å². The number of carbonyl (C=O) groups excluding carboxylic acids is 1. The van der Waals surface area contributed by atoms with Gasteiger partial charge in [-0.25, -0.2) is 4.98 Å². The van der Waals surface area contributed by atoms with Gasteiger partial charge in [0.05, 0.1) is 6.04 Å². The monoisotopic (exact) mass is 264 g/mol. The van der Waals surface area contributed by atoms with Crippen LogP contribution in [-0.2, 0) is 0 Å². The molecule has 0 fully saturated rings. The summed E-state index contributed by atoms with van der Waals surface area (Å²) in [4.78, 5) is 17.2. The highest BCUT2D eigenvalue weighted by molar-refractivity contribution is 7.10. The lowest BCUT2D eigenvalue weighted by Gasteiger charge is -2.15. The van der Waals surface area contributed by atoms with Crippen LogP contribution in [0.1, 0.15) is 47.1 Å². The molecule has 2 aromatic heterocycles. The van der Waals surface area contributed by atoms with Gasteiger partial charge in [0.2, 0.25) is 5.82 Å². The summed E-state index contributed by atoms with van der Waals surface area (Å²) in [6.07, 6.45) is 1.92. The molecule has 1 amide bonds. The smallest absolute Gasteiger partial charge is 0.291 e. The van der Waals surface area contributed by atoms with Crippen LogP contribution >= 0.6 is 11.3 Å². The molecule has 96 valence electrons. The Morgan fingerprint density at radius 1 is 1.61 bits per heavy atom. The third kappa shape index (κ3) is 2.95. The fourth-order valence-corrected chi connectivity index (χ4v) is 2.54. The molecule has 0 spiro atoms. The predicted molar refractivity (Wildman–Crippen MR) is 70.6 cm³/mol. The van der Waals surface area contributed by atoms with Crippen LogP contribution < -0.4 is 5.32 Å². The minimum atomic E-state index is -0.230. The molecule has 6 heteroatoms. The van der Waals surface area contributed by atoms with Crippen molar-refractivity contribution < 1.29 is 4.79 Å². The molecule has 2 rings (SSSR count). The number of thiophene rings is 1. The zero-order valence-corrected chi connectivity index (χ0v) is 11.3. The number of aromatic nitrogens is 3. The summed E-state index contributed by atoms with van der Waals surface area (Å²) in [5, 5.41) is 11.5. The topological polar surface area (TPSA) is 70.7 Å². The Hall–Kier alpha value is -1.69. The first-order valence-electron chi connectivity index (χ1n) is 5.94. The Morgan fingerprint density at radius 2 is 2.44 bits per heavy atom. The van der Waals surface area contributed by atoms with E-state index in [0.29, 0.717) is 5.82 Å². The number of nitrogens with one attached hydrogen (secondary N) is 2. The van der Waals surface area contributed by atoms with E-state index in [2.05, 4.69) is 27.4 Å². The largest absolute Gasteiger partial charge is 0.342 e. The maximum atomic E-state index is 12.0. The van der Waals surface area contributed by atoms with E-state index in [4.69, 9.17) is 0 Å². The molecule has 2 heterocycles. The van der Waals surface area contributed by atoms with Crippen LogP contribution in [0.3, 0.4) is 0 Å². The van der Waals surface area contributed by atoms with Crippen molar-refractivity contribution in [3.8, 4) is 0 Å². The SMILES string of the molecule is CCCC(NC(=O)c1n[nH]c(C)n1)c1cccs1. The fraction of sp³-hybridized carbons (Fsp3) is 0.417. The summed E-state index contributed by atoms with van der Waals surface area (Å²) in [5.41, 5.74) is 0. The number of nitrogens with zero attached hydrogens (tertiary/aromatic N) is 2. The van der Waals surface area contributed by atoms with Crippen molar-refractivity contribution in [2.75, 3.05) is 0 Å². The average Bonchev–Trinajstić information content (AvgIpc) is 2.98. The minimum absolute atomic E-state index is 0.0429. The lowest BCUT2D eigenvalue weighted by molar-refractivity contribution is 0.0925. The highest BCUT2D eigenvalue weighted by Gasteiger charge is 2.18. The van der Waals surface area contributed by atoms with Crippen LogP contribution in [-0.4, -0.2) is 21.1 Å². The molecule has 0 aliphatic carbocycles. The van der Waals surface area contributed by atoms with E-state index in [9.17, 15) is 4.79 Å². The van der Waals surface area contributed by atoms with Gasteiger partial charge in [-0.1, -0.05) is 19.4 Å². The summed E-state index contributed by atoms with van der Waals surface area (Å²) in [6.45, 7) is 3.87. The molecular formula is C12H16N4OS. The van der Waals surface area contributed by atoms with Gasteiger partial charge in [-0.3, -0.25) is 9.89 Å². The summed E-state index contributed by atoms with van der Waals surface area (Å²) in [5.74, 6) is 0.611. The van der Waals surface area contributed by atoms with Crippen molar-refractivity contribution in [1.82, 2.24) is 20.5 Å². The van der Waals surface area contributed by atoms with Crippen LogP contribution in [0.25, 0.3) is 0 Å². The quantitative estimate of drug-likeness (QED) is 0.871. The molecule has 1 unspecified atom stereocenters. The molecule has 0 aliphatic rings. The first kappa shape index (κ1) is 12.8. The lowest BCUT2D eigenvalue weighted by Crippen LogP contribution is -2.28. The summed E-state index contributed by atoms with van der Waals surface area (Å²) < 4.78 is 0. The lowest BCUT2D eigenvalue weighted by atomic mass is 10.1. The molecule has 18 heavy (non-hydrogen) atoms. The maximum absolute atomic E-state index is 12.0. The third-order valence-corrected chi connectivity index (χ3v) is 3.56. The Balaban J connectivity index is 2.07. The highest BCUT2D eigenvalue weighted by atomic mass is 32.1. The number of aryl methyl sites for hydroxylation is 1. The van der Waals surface area contributed by atoms with Crippen molar-refractivity contribution >= 4 is 17.2 Å². The molecular weight excluding hydrogens is 248 g/mol. The molecule has 2 N–H and O–H groups in total. The molecule has 0 bridgehead atoms. The number of hydrogen-bond donors (Lipinski definition) is 2. The molecule has 0 saturated heterocycles. The number of amides is 1. The van der Waals surface area contributed by atoms with Gasteiger partial charge < -0.3 is 5.32 Å².